The summed E-state index contributed by atoms with van der Waals surface area (Å²) in [4.78, 5) is 11.0. The number of hydrogen-bond donors (Lipinski definition) is 1. The molecule has 2 N–H and O–H groups in total. The fraction of sp³-hybridized carbons (Fsp3) is 0.133. The van der Waals surface area contributed by atoms with Crippen LogP contribution in [0.5, 0.6) is 5.75 Å². The summed E-state index contributed by atoms with van der Waals surface area (Å²) in [5.74, 6) is -1.16. The number of anilines is 1. The number of primary amides is 1. The van der Waals surface area contributed by atoms with Crippen LogP contribution in [0.2, 0.25) is 0 Å². The van der Waals surface area contributed by atoms with E-state index in [9.17, 15) is 17.6 Å². The van der Waals surface area contributed by atoms with Crippen LogP contribution in [-0.2, 0) is 10.0 Å². The summed E-state index contributed by atoms with van der Waals surface area (Å²) in [6.45, 7) is 0.114. The largest absolute Gasteiger partial charge is 0.489 e. The Kier molecular flexibility index (Phi) is 3.69. The third-order valence-electron chi connectivity index (χ3n) is 3.48. The number of ether oxygens (including phenoxy) is 1. The van der Waals surface area contributed by atoms with E-state index in [1.807, 2.05) is 0 Å². The summed E-state index contributed by atoms with van der Waals surface area (Å²) in [6, 6.07) is 9.31. The first-order valence-corrected chi connectivity index (χ1v) is 8.19. The van der Waals surface area contributed by atoms with Crippen LogP contribution in [0.25, 0.3) is 0 Å². The molecule has 8 heteroatoms. The molecule has 1 aliphatic heterocycles. The minimum atomic E-state index is -3.98. The van der Waals surface area contributed by atoms with Gasteiger partial charge in [0.1, 0.15) is 18.0 Å². The highest BCUT2D eigenvalue weighted by molar-refractivity contribution is 7.92. The van der Waals surface area contributed by atoms with Gasteiger partial charge in [-0.1, -0.05) is 6.07 Å². The second-order valence-electron chi connectivity index (χ2n) is 4.90. The number of sulfonamides is 1. The molecule has 2 aromatic carbocycles. The zero-order valence-electron chi connectivity index (χ0n) is 11.9. The fourth-order valence-corrected chi connectivity index (χ4v) is 3.83. The first kappa shape index (κ1) is 15.3. The monoisotopic (exact) mass is 336 g/mol. The van der Waals surface area contributed by atoms with Crippen molar-refractivity contribution >= 4 is 21.6 Å². The zero-order chi connectivity index (χ0) is 16.6. The topological polar surface area (TPSA) is 89.7 Å². The number of nitrogens with zero attached hydrogens (tertiary/aromatic N) is 1. The van der Waals surface area contributed by atoms with E-state index in [-0.39, 0.29) is 35.0 Å². The second kappa shape index (κ2) is 5.54. The summed E-state index contributed by atoms with van der Waals surface area (Å²) >= 11 is 0. The molecular weight excluding hydrogens is 323 g/mol. The van der Waals surface area contributed by atoms with E-state index in [2.05, 4.69) is 0 Å². The lowest BCUT2D eigenvalue weighted by molar-refractivity contribution is 0.1000. The van der Waals surface area contributed by atoms with Gasteiger partial charge in [-0.3, -0.25) is 9.10 Å². The zero-order valence-corrected chi connectivity index (χ0v) is 12.7. The molecule has 120 valence electrons. The molecular formula is C15H13FN2O4S. The highest BCUT2D eigenvalue weighted by atomic mass is 32.2. The van der Waals surface area contributed by atoms with E-state index in [1.165, 1.54) is 42.5 Å². The van der Waals surface area contributed by atoms with Gasteiger partial charge in [0.15, 0.2) is 5.82 Å². The Bertz CT molecular complexity index is 866. The van der Waals surface area contributed by atoms with Crippen molar-refractivity contribution in [1.29, 1.82) is 0 Å². The van der Waals surface area contributed by atoms with E-state index < -0.39 is 21.7 Å². The molecule has 0 atom stereocenters. The lowest BCUT2D eigenvalue weighted by Gasteiger charge is -2.30. The molecule has 0 saturated heterocycles. The molecule has 23 heavy (non-hydrogen) atoms. The van der Waals surface area contributed by atoms with Crippen molar-refractivity contribution in [3.63, 3.8) is 0 Å². The molecule has 0 aromatic heterocycles. The van der Waals surface area contributed by atoms with Crippen molar-refractivity contribution in [2.45, 2.75) is 4.90 Å². The molecule has 0 bridgehead atoms. The average molecular weight is 336 g/mol. The van der Waals surface area contributed by atoms with Crippen molar-refractivity contribution in [3.8, 4) is 5.75 Å². The molecule has 0 saturated carbocycles. The Morgan fingerprint density at radius 2 is 1.87 bits per heavy atom. The number of amides is 1. The van der Waals surface area contributed by atoms with Gasteiger partial charge in [-0.25, -0.2) is 12.8 Å². The van der Waals surface area contributed by atoms with Crippen molar-refractivity contribution in [2.75, 3.05) is 17.5 Å². The second-order valence-corrected chi connectivity index (χ2v) is 6.76. The molecule has 1 amide bonds. The number of halogens is 1. The Morgan fingerprint density at radius 1 is 1.17 bits per heavy atom. The molecule has 6 nitrogen and oxygen atoms in total. The van der Waals surface area contributed by atoms with E-state index in [0.717, 1.165) is 4.31 Å². The lowest BCUT2D eigenvalue weighted by Crippen LogP contribution is -2.38. The molecule has 2 aromatic rings. The highest BCUT2D eigenvalue weighted by Gasteiger charge is 2.32. The molecule has 1 heterocycles. The fourth-order valence-electron chi connectivity index (χ4n) is 2.36. The lowest BCUT2D eigenvalue weighted by atomic mass is 10.2. The number of carbonyl (C=O) groups is 1. The summed E-state index contributed by atoms with van der Waals surface area (Å²) in [5.41, 5.74) is 5.21. The van der Waals surface area contributed by atoms with Crippen LogP contribution < -0.4 is 14.8 Å². The average Bonchev–Trinajstić information content (AvgIpc) is 2.54. The van der Waals surface area contributed by atoms with Gasteiger partial charge >= 0.3 is 0 Å². The molecule has 1 aliphatic rings. The van der Waals surface area contributed by atoms with Crippen LogP contribution in [0.3, 0.4) is 0 Å². The minimum absolute atomic E-state index is 0.00611. The molecule has 0 fully saturated rings. The number of hydrogen-bond acceptors (Lipinski definition) is 4. The van der Waals surface area contributed by atoms with Crippen LogP contribution in [0.4, 0.5) is 10.1 Å². The highest BCUT2D eigenvalue weighted by Crippen LogP contribution is 2.37. The van der Waals surface area contributed by atoms with Crippen LogP contribution in [0.15, 0.2) is 47.4 Å². The number of rotatable bonds is 3. The van der Waals surface area contributed by atoms with E-state index in [4.69, 9.17) is 10.5 Å². The number of fused-ring (bicyclic) bond motifs is 1. The van der Waals surface area contributed by atoms with E-state index in [1.54, 1.807) is 0 Å². The number of benzene rings is 2. The van der Waals surface area contributed by atoms with Gasteiger partial charge in [0, 0.05) is 5.56 Å². The van der Waals surface area contributed by atoms with Crippen molar-refractivity contribution in [2.24, 2.45) is 5.73 Å². The van der Waals surface area contributed by atoms with Crippen molar-refractivity contribution in [3.05, 3.63) is 53.8 Å². The van der Waals surface area contributed by atoms with Crippen molar-refractivity contribution < 1.29 is 22.3 Å². The predicted molar refractivity (Wildman–Crippen MR) is 81.4 cm³/mol. The molecule has 0 aliphatic carbocycles. The normalized spacial score (nSPS) is 14.0. The van der Waals surface area contributed by atoms with Crippen LogP contribution in [-0.4, -0.2) is 27.5 Å². The van der Waals surface area contributed by atoms with Crippen LogP contribution >= 0.6 is 0 Å². The smallest absolute Gasteiger partial charge is 0.264 e. The molecule has 3 rings (SSSR count). The Labute approximate surface area is 132 Å². The first-order chi connectivity index (χ1) is 10.9. The maximum absolute atomic E-state index is 14.1. The molecule has 0 spiro atoms. The summed E-state index contributed by atoms with van der Waals surface area (Å²) in [7, 11) is -3.98. The minimum Gasteiger partial charge on any atom is -0.489 e. The van der Waals surface area contributed by atoms with Gasteiger partial charge in [-0.2, -0.15) is 0 Å². The summed E-state index contributed by atoms with van der Waals surface area (Å²) < 4.78 is 45.9. The molecule has 0 radical (unpaired) electrons. The number of carbonyl (C=O) groups excluding carboxylic acids is 1. The third-order valence-corrected chi connectivity index (χ3v) is 5.29. The van der Waals surface area contributed by atoms with Gasteiger partial charge < -0.3 is 10.5 Å². The number of para-hydroxylation sites is 1. The Morgan fingerprint density at radius 3 is 2.52 bits per heavy atom. The van der Waals surface area contributed by atoms with Crippen molar-refractivity contribution in [1.82, 2.24) is 0 Å². The van der Waals surface area contributed by atoms with E-state index in [0.29, 0.717) is 0 Å². The van der Waals surface area contributed by atoms with Gasteiger partial charge in [0.2, 0.25) is 5.91 Å². The van der Waals surface area contributed by atoms with Gasteiger partial charge in [-0.15, -0.1) is 0 Å². The summed E-state index contributed by atoms with van der Waals surface area (Å²) in [5, 5.41) is 0. The Hall–Kier alpha value is -2.61. The maximum Gasteiger partial charge on any atom is 0.264 e. The number of nitrogens with two attached hydrogens (primary N) is 1. The van der Waals surface area contributed by atoms with Crippen LogP contribution in [0.1, 0.15) is 10.4 Å². The third kappa shape index (κ3) is 2.61. The van der Waals surface area contributed by atoms with E-state index >= 15 is 0 Å². The van der Waals surface area contributed by atoms with Gasteiger partial charge in [0.25, 0.3) is 10.0 Å². The predicted octanol–water partition coefficient (Wildman–Crippen LogP) is 1.51. The first-order valence-electron chi connectivity index (χ1n) is 6.75. The standard InChI is InChI=1S/C15H13FN2O4S/c16-12-2-1-3-13-14(12)18(8-9-22-13)23(20,21)11-6-4-10(5-7-11)15(17)19/h1-7H,8-9H2,(H2,17,19). The maximum atomic E-state index is 14.1. The Balaban J connectivity index is 2.06. The van der Waals surface area contributed by atoms with Gasteiger partial charge in [0.05, 0.1) is 11.4 Å². The van der Waals surface area contributed by atoms with Crippen LogP contribution in [0, 0.1) is 5.82 Å². The summed E-state index contributed by atoms with van der Waals surface area (Å²) in [6.07, 6.45) is 0. The quantitative estimate of drug-likeness (QED) is 0.920. The van der Waals surface area contributed by atoms with Gasteiger partial charge in [-0.05, 0) is 36.4 Å². The molecule has 0 unspecified atom stereocenters. The SMILES string of the molecule is NC(=O)c1ccc(S(=O)(=O)N2CCOc3cccc(F)c32)cc1.